The SMILES string of the molecule is CCc1cnc(N(CCCCc2ccccc2)CCc2cscn2)nc1. The molecule has 1 aromatic carbocycles. The monoisotopic (exact) mass is 366 g/mol. The Bertz CT molecular complexity index is 741. The standard InChI is InChI=1S/C21H26N4S/c1-2-18-14-22-21(23-15-18)25(13-11-20-16-26-17-24-20)12-7-6-10-19-8-4-3-5-9-19/h3-5,8-9,14-17H,2,6-7,10-13H2,1H3. The molecule has 0 saturated carbocycles. The Balaban J connectivity index is 1.56. The number of hydrogen-bond donors (Lipinski definition) is 0. The van der Waals surface area contributed by atoms with Crippen molar-refractivity contribution in [3.8, 4) is 0 Å². The van der Waals surface area contributed by atoms with Crippen molar-refractivity contribution < 1.29 is 0 Å². The molecule has 3 aromatic rings. The van der Waals surface area contributed by atoms with Crippen LogP contribution in [0.5, 0.6) is 0 Å². The summed E-state index contributed by atoms with van der Waals surface area (Å²) in [5, 5.41) is 2.12. The van der Waals surface area contributed by atoms with Gasteiger partial charge in [-0.05, 0) is 36.8 Å². The molecule has 0 N–H and O–H groups in total. The molecule has 0 aliphatic carbocycles. The molecule has 26 heavy (non-hydrogen) atoms. The highest BCUT2D eigenvalue weighted by molar-refractivity contribution is 7.07. The molecule has 0 unspecified atom stereocenters. The van der Waals surface area contributed by atoms with Crippen molar-refractivity contribution in [2.24, 2.45) is 0 Å². The molecule has 3 rings (SSSR count). The minimum Gasteiger partial charge on any atom is -0.340 e. The lowest BCUT2D eigenvalue weighted by Crippen LogP contribution is -2.29. The lowest BCUT2D eigenvalue weighted by molar-refractivity contribution is 0.666. The molecule has 136 valence electrons. The molecular formula is C21H26N4S. The van der Waals surface area contributed by atoms with E-state index in [9.17, 15) is 0 Å². The fourth-order valence-corrected chi connectivity index (χ4v) is 3.49. The van der Waals surface area contributed by atoms with E-state index in [1.54, 1.807) is 11.3 Å². The number of benzene rings is 1. The lowest BCUT2D eigenvalue weighted by Gasteiger charge is -2.22. The summed E-state index contributed by atoms with van der Waals surface area (Å²) in [7, 11) is 0. The van der Waals surface area contributed by atoms with Gasteiger partial charge < -0.3 is 4.90 Å². The van der Waals surface area contributed by atoms with Crippen LogP contribution >= 0.6 is 11.3 Å². The van der Waals surface area contributed by atoms with Crippen LogP contribution in [0.4, 0.5) is 5.95 Å². The summed E-state index contributed by atoms with van der Waals surface area (Å²) in [5.74, 6) is 0.831. The minimum absolute atomic E-state index is 0.831. The van der Waals surface area contributed by atoms with Gasteiger partial charge in [0.15, 0.2) is 0 Å². The molecule has 2 aromatic heterocycles. The summed E-state index contributed by atoms with van der Waals surface area (Å²) < 4.78 is 0. The van der Waals surface area contributed by atoms with Crippen LogP contribution in [-0.4, -0.2) is 28.0 Å². The van der Waals surface area contributed by atoms with Crippen LogP contribution in [-0.2, 0) is 19.3 Å². The molecule has 0 aliphatic rings. The Hall–Kier alpha value is -2.27. The number of thiazole rings is 1. The third-order valence-corrected chi connectivity index (χ3v) is 5.13. The molecule has 0 aliphatic heterocycles. The average Bonchev–Trinajstić information content (AvgIpc) is 3.22. The van der Waals surface area contributed by atoms with Gasteiger partial charge >= 0.3 is 0 Å². The molecule has 0 spiro atoms. The first-order valence-electron chi connectivity index (χ1n) is 9.32. The molecule has 4 nitrogen and oxygen atoms in total. The Kier molecular flexibility index (Phi) is 7.14. The van der Waals surface area contributed by atoms with E-state index >= 15 is 0 Å². The van der Waals surface area contributed by atoms with Gasteiger partial charge in [-0.1, -0.05) is 37.3 Å². The Morgan fingerprint density at radius 1 is 0.885 bits per heavy atom. The van der Waals surface area contributed by atoms with E-state index in [-0.39, 0.29) is 0 Å². The van der Waals surface area contributed by atoms with Crippen LogP contribution in [0, 0.1) is 0 Å². The average molecular weight is 367 g/mol. The lowest BCUT2D eigenvalue weighted by atomic mass is 10.1. The number of rotatable bonds is 10. The fourth-order valence-electron chi connectivity index (χ4n) is 2.89. The first-order chi connectivity index (χ1) is 12.8. The van der Waals surface area contributed by atoms with Gasteiger partial charge in [0.1, 0.15) is 0 Å². The van der Waals surface area contributed by atoms with E-state index in [4.69, 9.17) is 0 Å². The summed E-state index contributed by atoms with van der Waals surface area (Å²) >= 11 is 1.65. The zero-order chi connectivity index (χ0) is 18.0. The van der Waals surface area contributed by atoms with Crippen molar-refractivity contribution in [2.75, 3.05) is 18.0 Å². The summed E-state index contributed by atoms with van der Waals surface area (Å²) in [5.41, 5.74) is 5.63. The molecule has 0 bridgehead atoms. The van der Waals surface area contributed by atoms with Gasteiger partial charge in [-0.3, -0.25) is 0 Å². The predicted molar refractivity (Wildman–Crippen MR) is 109 cm³/mol. The molecular weight excluding hydrogens is 340 g/mol. The Labute approximate surface area is 160 Å². The molecule has 0 fully saturated rings. The van der Waals surface area contributed by atoms with Crippen LogP contribution < -0.4 is 4.90 Å². The molecule has 5 heteroatoms. The van der Waals surface area contributed by atoms with Crippen molar-refractivity contribution in [2.45, 2.75) is 39.0 Å². The van der Waals surface area contributed by atoms with Crippen LogP contribution in [0.1, 0.15) is 36.6 Å². The fraction of sp³-hybridized carbons (Fsp3) is 0.381. The summed E-state index contributed by atoms with van der Waals surface area (Å²) in [6.07, 6.45) is 9.22. The van der Waals surface area contributed by atoms with E-state index in [2.05, 4.69) is 62.5 Å². The second kappa shape index (κ2) is 10.0. The Morgan fingerprint density at radius 2 is 1.69 bits per heavy atom. The van der Waals surface area contributed by atoms with Gasteiger partial charge in [-0.2, -0.15) is 0 Å². The van der Waals surface area contributed by atoms with Gasteiger partial charge in [0.2, 0.25) is 5.95 Å². The van der Waals surface area contributed by atoms with Crippen molar-refractivity contribution in [1.82, 2.24) is 15.0 Å². The summed E-state index contributed by atoms with van der Waals surface area (Å²) in [6.45, 7) is 4.00. The largest absolute Gasteiger partial charge is 0.340 e. The van der Waals surface area contributed by atoms with E-state index < -0.39 is 0 Å². The quantitative estimate of drug-likeness (QED) is 0.493. The molecule has 0 saturated heterocycles. The zero-order valence-electron chi connectivity index (χ0n) is 15.3. The van der Waals surface area contributed by atoms with Gasteiger partial charge in [0, 0.05) is 37.3 Å². The highest BCUT2D eigenvalue weighted by Crippen LogP contribution is 2.12. The highest BCUT2D eigenvalue weighted by Gasteiger charge is 2.10. The smallest absolute Gasteiger partial charge is 0.225 e. The third-order valence-electron chi connectivity index (χ3n) is 4.49. The van der Waals surface area contributed by atoms with E-state index in [1.165, 1.54) is 17.5 Å². The highest BCUT2D eigenvalue weighted by atomic mass is 32.1. The number of unbranched alkanes of at least 4 members (excludes halogenated alkanes) is 1. The summed E-state index contributed by atoms with van der Waals surface area (Å²) in [6, 6.07) is 10.7. The number of aromatic nitrogens is 3. The number of anilines is 1. The van der Waals surface area contributed by atoms with E-state index in [0.717, 1.165) is 50.4 Å². The normalized spacial score (nSPS) is 10.8. The molecule has 2 heterocycles. The maximum atomic E-state index is 4.58. The van der Waals surface area contributed by atoms with Gasteiger partial charge in [-0.25, -0.2) is 15.0 Å². The summed E-state index contributed by atoms with van der Waals surface area (Å²) in [4.78, 5) is 15.9. The number of aryl methyl sites for hydroxylation is 2. The maximum Gasteiger partial charge on any atom is 0.225 e. The second-order valence-electron chi connectivity index (χ2n) is 6.40. The van der Waals surface area contributed by atoms with Crippen molar-refractivity contribution in [3.63, 3.8) is 0 Å². The van der Waals surface area contributed by atoms with Crippen LogP contribution in [0.3, 0.4) is 0 Å². The van der Waals surface area contributed by atoms with Crippen molar-refractivity contribution in [1.29, 1.82) is 0 Å². The maximum absolute atomic E-state index is 4.58. The van der Waals surface area contributed by atoms with Crippen LogP contribution in [0.25, 0.3) is 0 Å². The Morgan fingerprint density at radius 3 is 2.38 bits per heavy atom. The van der Waals surface area contributed by atoms with Gasteiger partial charge in [0.25, 0.3) is 0 Å². The van der Waals surface area contributed by atoms with Crippen LogP contribution in [0.2, 0.25) is 0 Å². The number of hydrogen-bond acceptors (Lipinski definition) is 5. The van der Waals surface area contributed by atoms with Crippen molar-refractivity contribution >= 4 is 17.3 Å². The molecule has 0 amide bonds. The third kappa shape index (κ3) is 5.63. The first kappa shape index (κ1) is 18.5. The molecule has 0 radical (unpaired) electrons. The van der Waals surface area contributed by atoms with E-state index in [0.29, 0.717) is 0 Å². The minimum atomic E-state index is 0.831. The van der Waals surface area contributed by atoms with Gasteiger partial charge in [-0.15, -0.1) is 11.3 Å². The zero-order valence-corrected chi connectivity index (χ0v) is 16.2. The van der Waals surface area contributed by atoms with Crippen LogP contribution in [0.15, 0.2) is 53.6 Å². The topological polar surface area (TPSA) is 41.9 Å². The van der Waals surface area contributed by atoms with Crippen molar-refractivity contribution in [3.05, 3.63) is 70.4 Å². The first-order valence-corrected chi connectivity index (χ1v) is 10.3. The van der Waals surface area contributed by atoms with Gasteiger partial charge in [0.05, 0.1) is 11.2 Å². The second-order valence-corrected chi connectivity index (χ2v) is 7.12. The molecule has 0 atom stereocenters. The van der Waals surface area contributed by atoms with E-state index in [1.807, 2.05) is 17.9 Å². The predicted octanol–water partition coefficient (Wildman–Crippen LogP) is 4.57. The number of nitrogens with zero attached hydrogens (tertiary/aromatic N) is 4.